The number of hydrogen-bond donors (Lipinski definition) is 0. The predicted molar refractivity (Wildman–Crippen MR) is 83.2 cm³/mol. The van der Waals surface area contributed by atoms with Crippen LogP contribution < -0.4 is 4.74 Å². The number of carbonyl (C=O) groups is 1. The van der Waals surface area contributed by atoms with Gasteiger partial charge in [-0.05, 0) is 26.0 Å². The Balaban J connectivity index is 2.32. The van der Waals surface area contributed by atoms with Gasteiger partial charge in [-0.3, -0.25) is 9.69 Å². The first-order chi connectivity index (χ1) is 9.17. The molecule has 1 aromatic carbocycles. The van der Waals surface area contributed by atoms with Crippen LogP contribution in [-0.4, -0.2) is 28.3 Å². The van der Waals surface area contributed by atoms with Crippen LogP contribution in [0, 0.1) is 0 Å². The Labute approximate surface area is 122 Å². The molecule has 1 aromatic rings. The number of thioether (sulfide) groups is 1. The van der Waals surface area contributed by atoms with Crippen molar-refractivity contribution in [2.24, 2.45) is 0 Å². The average Bonchev–Trinajstić information content (AvgIpc) is 2.67. The second kappa shape index (κ2) is 6.21. The number of carbonyl (C=O) groups excluding carboxylic acids is 1. The minimum absolute atomic E-state index is 0.0243. The van der Waals surface area contributed by atoms with Gasteiger partial charge in [0.2, 0.25) is 0 Å². The number of thiocarbonyl (C=S) groups is 1. The van der Waals surface area contributed by atoms with Gasteiger partial charge in [-0.15, -0.1) is 0 Å². The van der Waals surface area contributed by atoms with Crippen molar-refractivity contribution in [3.05, 3.63) is 34.7 Å². The van der Waals surface area contributed by atoms with Crippen molar-refractivity contribution in [1.82, 2.24) is 4.90 Å². The number of para-hydroxylation sites is 1. The van der Waals surface area contributed by atoms with E-state index in [1.807, 2.05) is 44.2 Å². The summed E-state index contributed by atoms with van der Waals surface area (Å²) in [6.45, 7) is 5.06. The lowest BCUT2D eigenvalue weighted by Gasteiger charge is -2.10. The highest BCUT2D eigenvalue weighted by Gasteiger charge is 2.30. The van der Waals surface area contributed by atoms with Crippen molar-refractivity contribution in [3.63, 3.8) is 0 Å². The monoisotopic (exact) mass is 293 g/mol. The minimum Gasteiger partial charge on any atom is -0.493 e. The fourth-order valence-electron chi connectivity index (χ4n) is 1.80. The molecule has 1 saturated heterocycles. The lowest BCUT2D eigenvalue weighted by Crippen LogP contribution is -2.27. The normalized spacial score (nSPS) is 17.4. The Bertz CT molecular complexity index is 540. The second-order valence-electron chi connectivity index (χ2n) is 3.90. The molecule has 1 aliphatic heterocycles. The molecule has 3 nitrogen and oxygen atoms in total. The maximum absolute atomic E-state index is 12.1. The van der Waals surface area contributed by atoms with Crippen molar-refractivity contribution >= 4 is 40.3 Å². The summed E-state index contributed by atoms with van der Waals surface area (Å²) in [5.74, 6) is 0.760. The number of rotatable bonds is 4. The standard InChI is InChI=1S/C14H15NO2S2/c1-3-15-13(16)12(19-14(15)18)9-10-7-5-6-8-11(10)17-4-2/h5-9H,3-4H2,1-2H3. The molecule has 1 amide bonds. The third kappa shape index (κ3) is 2.98. The molecule has 0 unspecified atom stereocenters. The first-order valence-electron chi connectivity index (χ1n) is 6.14. The van der Waals surface area contributed by atoms with E-state index in [9.17, 15) is 4.79 Å². The molecular formula is C14H15NO2S2. The van der Waals surface area contributed by atoms with E-state index in [-0.39, 0.29) is 5.91 Å². The number of benzene rings is 1. The first kappa shape index (κ1) is 14.1. The van der Waals surface area contributed by atoms with E-state index >= 15 is 0 Å². The minimum atomic E-state index is -0.0243. The van der Waals surface area contributed by atoms with Gasteiger partial charge in [-0.1, -0.05) is 42.2 Å². The Morgan fingerprint density at radius 3 is 2.74 bits per heavy atom. The van der Waals surface area contributed by atoms with Crippen LogP contribution in [0.4, 0.5) is 0 Å². The van der Waals surface area contributed by atoms with Crippen LogP contribution in [0.3, 0.4) is 0 Å². The van der Waals surface area contributed by atoms with Crippen molar-refractivity contribution in [2.75, 3.05) is 13.2 Å². The van der Waals surface area contributed by atoms with E-state index in [0.717, 1.165) is 11.3 Å². The van der Waals surface area contributed by atoms with Crippen molar-refractivity contribution in [1.29, 1.82) is 0 Å². The predicted octanol–water partition coefficient (Wildman–Crippen LogP) is 3.31. The molecule has 0 N–H and O–H groups in total. The molecule has 0 aliphatic carbocycles. The Kier molecular flexibility index (Phi) is 4.61. The van der Waals surface area contributed by atoms with Gasteiger partial charge in [0.1, 0.15) is 10.1 Å². The van der Waals surface area contributed by atoms with Crippen molar-refractivity contribution < 1.29 is 9.53 Å². The molecule has 1 aliphatic rings. The van der Waals surface area contributed by atoms with Gasteiger partial charge in [-0.2, -0.15) is 0 Å². The summed E-state index contributed by atoms with van der Waals surface area (Å²) in [7, 11) is 0. The summed E-state index contributed by atoms with van der Waals surface area (Å²) in [6.07, 6.45) is 1.85. The van der Waals surface area contributed by atoms with E-state index in [4.69, 9.17) is 17.0 Å². The van der Waals surface area contributed by atoms with Gasteiger partial charge >= 0.3 is 0 Å². The van der Waals surface area contributed by atoms with E-state index in [1.165, 1.54) is 11.8 Å². The molecule has 19 heavy (non-hydrogen) atoms. The van der Waals surface area contributed by atoms with E-state index in [2.05, 4.69) is 0 Å². The number of hydrogen-bond acceptors (Lipinski definition) is 4. The number of likely N-dealkylation sites (N-methyl/N-ethyl adjacent to an activating group) is 1. The second-order valence-corrected chi connectivity index (χ2v) is 5.57. The molecule has 1 fully saturated rings. The molecule has 0 spiro atoms. The molecule has 2 rings (SSSR count). The largest absolute Gasteiger partial charge is 0.493 e. The highest BCUT2D eigenvalue weighted by Crippen LogP contribution is 2.33. The molecule has 0 atom stereocenters. The van der Waals surface area contributed by atoms with E-state index in [0.29, 0.717) is 22.4 Å². The van der Waals surface area contributed by atoms with Gasteiger partial charge in [0.25, 0.3) is 5.91 Å². The third-order valence-corrected chi connectivity index (χ3v) is 4.07. The number of ether oxygens (including phenoxy) is 1. The van der Waals surface area contributed by atoms with E-state index in [1.54, 1.807) is 4.90 Å². The summed E-state index contributed by atoms with van der Waals surface area (Å²) in [5, 5.41) is 0. The van der Waals surface area contributed by atoms with Crippen LogP contribution in [0.5, 0.6) is 5.75 Å². The van der Waals surface area contributed by atoms with Crippen LogP contribution in [0.2, 0.25) is 0 Å². The Hall–Kier alpha value is -1.33. The maximum Gasteiger partial charge on any atom is 0.266 e. The smallest absolute Gasteiger partial charge is 0.266 e. The van der Waals surface area contributed by atoms with Crippen LogP contribution >= 0.6 is 24.0 Å². The fourth-order valence-corrected chi connectivity index (χ4v) is 3.18. The first-order valence-corrected chi connectivity index (χ1v) is 7.37. The molecular weight excluding hydrogens is 278 g/mol. The zero-order chi connectivity index (χ0) is 13.8. The molecule has 0 radical (unpaired) electrons. The summed E-state index contributed by atoms with van der Waals surface area (Å²) in [4.78, 5) is 14.4. The van der Waals surface area contributed by atoms with Gasteiger partial charge < -0.3 is 4.74 Å². The molecule has 0 aromatic heterocycles. The molecule has 1 heterocycles. The van der Waals surface area contributed by atoms with Crippen molar-refractivity contribution in [3.8, 4) is 5.75 Å². The maximum atomic E-state index is 12.1. The summed E-state index contributed by atoms with van der Waals surface area (Å²) < 4.78 is 6.17. The van der Waals surface area contributed by atoms with Gasteiger partial charge in [-0.25, -0.2) is 0 Å². The van der Waals surface area contributed by atoms with Crippen molar-refractivity contribution in [2.45, 2.75) is 13.8 Å². The Morgan fingerprint density at radius 1 is 1.37 bits per heavy atom. The van der Waals surface area contributed by atoms with Crippen LogP contribution in [-0.2, 0) is 4.79 Å². The molecule has 0 saturated carbocycles. The summed E-state index contributed by atoms with van der Waals surface area (Å²) >= 11 is 6.53. The topological polar surface area (TPSA) is 29.5 Å². The highest BCUT2D eigenvalue weighted by atomic mass is 32.2. The average molecular weight is 293 g/mol. The zero-order valence-corrected chi connectivity index (χ0v) is 12.5. The number of nitrogens with zero attached hydrogens (tertiary/aromatic N) is 1. The third-order valence-electron chi connectivity index (χ3n) is 2.70. The van der Waals surface area contributed by atoms with Gasteiger partial charge in [0.05, 0.1) is 11.5 Å². The SMILES string of the molecule is CCOc1ccccc1C=C1SC(=S)N(CC)C1=O. The lowest BCUT2D eigenvalue weighted by atomic mass is 10.2. The summed E-state index contributed by atoms with van der Waals surface area (Å²) in [6, 6.07) is 7.67. The van der Waals surface area contributed by atoms with Gasteiger partial charge in [0, 0.05) is 12.1 Å². The van der Waals surface area contributed by atoms with E-state index < -0.39 is 0 Å². The van der Waals surface area contributed by atoms with Crippen LogP contribution in [0.15, 0.2) is 29.2 Å². The quantitative estimate of drug-likeness (QED) is 0.629. The highest BCUT2D eigenvalue weighted by molar-refractivity contribution is 8.26. The van der Waals surface area contributed by atoms with Crippen LogP contribution in [0.25, 0.3) is 6.08 Å². The van der Waals surface area contributed by atoms with Crippen LogP contribution in [0.1, 0.15) is 19.4 Å². The molecule has 0 bridgehead atoms. The molecule has 5 heteroatoms. The number of amides is 1. The summed E-state index contributed by atoms with van der Waals surface area (Å²) in [5.41, 5.74) is 0.904. The zero-order valence-electron chi connectivity index (χ0n) is 10.9. The molecule has 100 valence electrons. The Morgan fingerprint density at radius 2 is 2.11 bits per heavy atom. The fraction of sp³-hybridized carbons (Fsp3) is 0.286. The lowest BCUT2D eigenvalue weighted by molar-refractivity contribution is -0.121. The van der Waals surface area contributed by atoms with Gasteiger partial charge in [0.15, 0.2) is 0 Å².